The highest BCUT2D eigenvalue weighted by Gasteiger charge is 2.29. The van der Waals surface area contributed by atoms with Crippen molar-refractivity contribution in [3.63, 3.8) is 0 Å². The third kappa shape index (κ3) is 2.66. The van der Waals surface area contributed by atoms with Crippen molar-refractivity contribution in [2.45, 2.75) is 39.3 Å². The number of hydrogen-bond donors (Lipinski definition) is 1. The van der Waals surface area contributed by atoms with Crippen molar-refractivity contribution in [3.8, 4) is 0 Å². The first kappa shape index (κ1) is 14.1. The zero-order valence-corrected chi connectivity index (χ0v) is 12.1. The predicted molar refractivity (Wildman–Crippen MR) is 75.1 cm³/mol. The maximum Gasteiger partial charge on any atom is 0.330 e. The molecule has 1 aliphatic rings. The maximum atomic E-state index is 11.8. The molecule has 1 aromatic rings. The summed E-state index contributed by atoms with van der Waals surface area (Å²) in [6.45, 7) is 5.11. The predicted octanol–water partition coefficient (Wildman–Crippen LogP) is 0.608. The molecule has 0 aliphatic heterocycles. The van der Waals surface area contributed by atoms with Gasteiger partial charge in [-0.25, -0.2) is 4.79 Å². The van der Waals surface area contributed by atoms with Crippen molar-refractivity contribution in [2.75, 3.05) is 0 Å². The molecule has 0 spiro atoms. The van der Waals surface area contributed by atoms with Crippen molar-refractivity contribution in [1.82, 2.24) is 14.5 Å². The van der Waals surface area contributed by atoms with Gasteiger partial charge in [0.1, 0.15) is 0 Å². The molecule has 0 aromatic carbocycles. The third-order valence-corrected chi connectivity index (χ3v) is 4.64. The van der Waals surface area contributed by atoms with Crippen LogP contribution in [0.3, 0.4) is 0 Å². The van der Waals surface area contributed by atoms with Crippen molar-refractivity contribution < 1.29 is 0 Å². The summed E-state index contributed by atoms with van der Waals surface area (Å²) < 4.78 is 2.67. The van der Waals surface area contributed by atoms with Crippen LogP contribution in [0.25, 0.3) is 0 Å². The first-order chi connectivity index (χ1) is 8.91. The van der Waals surface area contributed by atoms with Gasteiger partial charge in [0, 0.05) is 38.4 Å². The van der Waals surface area contributed by atoms with E-state index in [0.717, 1.165) is 16.2 Å². The van der Waals surface area contributed by atoms with E-state index >= 15 is 0 Å². The van der Waals surface area contributed by atoms with Crippen LogP contribution < -0.4 is 16.6 Å². The average molecular weight is 265 g/mol. The third-order valence-electron chi connectivity index (χ3n) is 4.64. The highest BCUT2D eigenvalue weighted by atomic mass is 16.2. The minimum Gasteiger partial charge on any atom is -0.308 e. The van der Waals surface area contributed by atoms with E-state index in [2.05, 4.69) is 19.2 Å². The number of hydrogen-bond acceptors (Lipinski definition) is 3. The van der Waals surface area contributed by atoms with E-state index < -0.39 is 0 Å². The van der Waals surface area contributed by atoms with Crippen LogP contribution in [-0.4, -0.2) is 15.2 Å². The van der Waals surface area contributed by atoms with Gasteiger partial charge >= 0.3 is 5.69 Å². The molecule has 5 nitrogen and oxygen atoms in total. The molecule has 1 aromatic heterocycles. The Morgan fingerprint density at radius 1 is 1.21 bits per heavy atom. The van der Waals surface area contributed by atoms with Gasteiger partial charge in [0.05, 0.1) is 0 Å². The van der Waals surface area contributed by atoms with Crippen molar-refractivity contribution >= 4 is 0 Å². The molecule has 1 heterocycles. The molecule has 0 saturated heterocycles. The monoisotopic (exact) mass is 265 g/mol. The molecule has 106 valence electrons. The Bertz CT molecular complexity index is 573. The molecule has 1 N–H and O–H groups in total. The molecule has 3 atom stereocenters. The van der Waals surface area contributed by atoms with E-state index in [1.807, 2.05) is 0 Å². The van der Waals surface area contributed by atoms with Gasteiger partial charge in [0.15, 0.2) is 0 Å². The summed E-state index contributed by atoms with van der Waals surface area (Å²) in [5.74, 6) is 1.38. The van der Waals surface area contributed by atoms with Gasteiger partial charge in [-0.3, -0.25) is 13.9 Å². The van der Waals surface area contributed by atoms with E-state index in [0.29, 0.717) is 18.5 Å². The Balaban J connectivity index is 2.13. The Kier molecular flexibility index (Phi) is 3.94. The topological polar surface area (TPSA) is 56.0 Å². The van der Waals surface area contributed by atoms with Crippen LogP contribution in [0.15, 0.2) is 15.7 Å². The number of rotatable bonds is 3. The number of nitrogens with one attached hydrogen (secondary N) is 1. The Morgan fingerprint density at radius 3 is 2.47 bits per heavy atom. The van der Waals surface area contributed by atoms with Crippen molar-refractivity contribution in [3.05, 3.63) is 32.6 Å². The second kappa shape index (κ2) is 5.33. The Morgan fingerprint density at radius 2 is 1.89 bits per heavy atom. The van der Waals surface area contributed by atoms with Crippen LogP contribution in [0.5, 0.6) is 0 Å². The largest absolute Gasteiger partial charge is 0.330 e. The van der Waals surface area contributed by atoms with E-state index in [1.165, 1.54) is 30.5 Å². The maximum absolute atomic E-state index is 11.8. The average Bonchev–Trinajstić information content (AvgIpc) is 2.70. The second-order valence-corrected chi connectivity index (χ2v) is 5.78. The normalized spacial score (nSPS) is 26.8. The summed E-state index contributed by atoms with van der Waals surface area (Å²) in [5, 5.41) is 3.48. The number of aromatic nitrogens is 2. The molecule has 0 bridgehead atoms. The highest BCUT2D eigenvalue weighted by Crippen LogP contribution is 2.31. The standard InChI is InChI=1S/C14H23N3O2/c1-9-5-6-12(10(9)2)15-8-11-7-13(18)17(4)14(19)16(11)3/h7,9-10,12,15H,5-6,8H2,1-4H3. The summed E-state index contributed by atoms with van der Waals surface area (Å²) in [5.41, 5.74) is 0.240. The van der Waals surface area contributed by atoms with Gasteiger partial charge in [-0.1, -0.05) is 13.8 Å². The van der Waals surface area contributed by atoms with Crippen LogP contribution in [0.4, 0.5) is 0 Å². The lowest BCUT2D eigenvalue weighted by Crippen LogP contribution is -2.40. The molecular weight excluding hydrogens is 242 g/mol. The van der Waals surface area contributed by atoms with Gasteiger partial charge in [0.25, 0.3) is 5.56 Å². The van der Waals surface area contributed by atoms with Crippen LogP contribution in [0, 0.1) is 11.8 Å². The summed E-state index contributed by atoms with van der Waals surface area (Å²) in [7, 11) is 3.21. The van der Waals surface area contributed by atoms with Gasteiger partial charge < -0.3 is 5.32 Å². The molecule has 2 rings (SSSR count). The molecular formula is C14H23N3O2. The minimum absolute atomic E-state index is 0.243. The second-order valence-electron chi connectivity index (χ2n) is 5.78. The number of nitrogens with zero attached hydrogens (tertiary/aromatic N) is 2. The zero-order valence-electron chi connectivity index (χ0n) is 12.1. The fraction of sp³-hybridized carbons (Fsp3) is 0.714. The van der Waals surface area contributed by atoms with E-state index in [9.17, 15) is 9.59 Å². The minimum atomic E-state index is -0.267. The first-order valence-electron chi connectivity index (χ1n) is 6.91. The molecule has 19 heavy (non-hydrogen) atoms. The highest BCUT2D eigenvalue weighted by molar-refractivity contribution is 5.02. The van der Waals surface area contributed by atoms with Gasteiger partial charge in [-0.15, -0.1) is 0 Å². The lowest BCUT2D eigenvalue weighted by Gasteiger charge is -2.20. The van der Waals surface area contributed by atoms with Crippen molar-refractivity contribution in [1.29, 1.82) is 0 Å². The van der Waals surface area contributed by atoms with Crippen LogP contribution in [0.2, 0.25) is 0 Å². The van der Waals surface area contributed by atoms with Crippen molar-refractivity contribution in [2.24, 2.45) is 25.9 Å². The smallest absolute Gasteiger partial charge is 0.308 e. The Labute approximate surface area is 113 Å². The molecule has 1 aliphatic carbocycles. The van der Waals surface area contributed by atoms with E-state index in [-0.39, 0.29) is 11.2 Å². The summed E-state index contributed by atoms with van der Waals surface area (Å²) in [6, 6.07) is 2.02. The van der Waals surface area contributed by atoms with Gasteiger partial charge in [-0.05, 0) is 24.7 Å². The fourth-order valence-corrected chi connectivity index (χ4v) is 2.84. The molecule has 3 unspecified atom stereocenters. The lowest BCUT2D eigenvalue weighted by atomic mass is 9.98. The molecule has 1 fully saturated rings. The van der Waals surface area contributed by atoms with Crippen LogP contribution in [0.1, 0.15) is 32.4 Å². The van der Waals surface area contributed by atoms with E-state index in [4.69, 9.17) is 0 Å². The van der Waals surface area contributed by atoms with Gasteiger partial charge in [0.2, 0.25) is 0 Å². The quantitative estimate of drug-likeness (QED) is 0.871. The SMILES string of the molecule is CC1CCC(NCc2cc(=O)n(C)c(=O)n2C)C1C. The lowest BCUT2D eigenvalue weighted by molar-refractivity contribution is 0.366. The molecule has 0 radical (unpaired) electrons. The molecule has 5 heteroatoms. The molecule has 1 saturated carbocycles. The fourth-order valence-electron chi connectivity index (χ4n) is 2.84. The van der Waals surface area contributed by atoms with Crippen LogP contribution >= 0.6 is 0 Å². The molecule has 0 amide bonds. The first-order valence-corrected chi connectivity index (χ1v) is 6.91. The van der Waals surface area contributed by atoms with E-state index in [1.54, 1.807) is 7.05 Å². The summed E-state index contributed by atoms with van der Waals surface area (Å²) >= 11 is 0. The Hall–Kier alpha value is -1.36. The van der Waals surface area contributed by atoms with Gasteiger partial charge in [-0.2, -0.15) is 0 Å². The summed E-state index contributed by atoms with van der Waals surface area (Å²) in [4.78, 5) is 23.5. The summed E-state index contributed by atoms with van der Waals surface area (Å²) in [6.07, 6.45) is 2.41. The van der Waals surface area contributed by atoms with Crippen LogP contribution in [-0.2, 0) is 20.6 Å². The zero-order chi connectivity index (χ0) is 14.2.